The van der Waals surface area contributed by atoms with Gasteiger partial charge >= 0.3 is 0 Å². The minimum Gasteiger partial charge on any atom is -0.366 e. The number of benzene rings is 2. The topological polar surface area (TPSA) is 108 Å². The first kappa shape index (κ1) is 26.6. The Kier molecular flexibility index (Phi) is 6.56. The van der Waals surface area contributed by atoms with E-state index in [1.165, 1.54) is 30.5 Å². The number of halogens is 3. The maximum atomic E-state index is 14.2. The molecule has 0 radical (unpaired) electrons. The van der Waals surface area contributed by atoms with Crippen molar-refractivity contribution in [2.24, 2.45) is 11.7 Å². The van der Waals surface area contributed by atoms with Gasteiger partial charge in [0.05, 0.1) is 34.8 Å². The predicted molar refractivity (Wildman–Crippen MR) is 143 cm³/mol. The number of ketones is 2. The number of carbonyl (C=O) groups is 3. The lowest BCUT2D eigenvalue weighted by atomic mass is 9.86. The lowest BCUT2D eigenvalue weighted by Gasteiger charge is -2.20. The zero-order valence-corrected chi connectivity index (χ0v) is 22.0. The van der Waals surface area contributed by atoms with Crippen LogP contribution in [0.2, 0.25) is 0 Å². The summed E-state index contributed by atoms with van der Waals surface area (Å²) in [6.07, 6.45) is 2.32. The fourth-order valence-electron chi connectivity index (χ4n) is 6.03. The van der Waals surface area contributed by atoms with Gasteiger partial charge in [-0.1, -0.05) is 12.1 Å². The summed E-state index contributed by atoms with van der Waals surface area (Å²) in [5, 5.41) is 4.47. The number of hydrogen-bond acceptors (Lipinski definition) is 5. The third kappa shape index (κ3) is 4.94. The van der Waals surface area contributed by atoms with Crippen molar-refractivity contribution < 1.29 is 27.6 Å². The standard InChI is InChI=1S/C31H25F3N4O3/c1-15-27-29(23-13-24(23)30(27)40)38(37-15)14-21(39)10-18(7-16-8-19(32)12-20(33)9-16)28-22(3-2-6-36-28)17-4-5-26(34)25(11-17)31(35)41/h2-6,8-9,11-12,18,23-24H,7,10,13-14H2,1H3,(H2,35,41)/t18-,23?,24?/m1/s1. The van der Waals surface area contributed by atoms with Crippen LogP contribution in [0.5, 0.6) is 0 Å². The quantitative estimate of drug-likeness (QED) is 0.309. The lowest BCUT2D eigenvalue weighted by molar-refractivity contribution is -0.120. The summed E-state index contributed by atoms with van der Waals surface area (Å²) in [7, 11) is 0. The molecule has 2 aliphatic rings. The SMILES string of the molecule is Cc1nn(CC(=O)C[C@@H](Cc2cc(F)cc(F)c2)c2ncccc2-c2ccc(F)c(C(N)=O)c2)c2c1C(=O)C1CC21. The summed E-state index contributed by atoms with van der Waals surface area (Å²) in [4.78, 5) is 42.4. The molecule has 1 saturated carbocycles. The van der Waals surface area contributed by atoms with E-state index in [1.54, 1.807) is 23.7 Å². The van der Waals surface area contributed by atoms with Gasteiger partial charge in [0.15, 0.2) is 11.6 Å². The van der Waals surface area contributed by atoms with E-state index in [0.717, 1.165) is 24.2 Å². The number of nitrogens with zero attached hydrogens (tertiary/aromatic N) is 3. The highest BCUT2D eigenvalue weighted by atomic mass is 19.1. The van der Waals surface area contributed by atoms with Crippen molar-refractivity contribution in [2.45, 2.75) is 44.6 Å². The summed E-state index contributed by atoms with van der Waals surface area (Å²) in [6, 6.07) is 10.5. The number of aryl methyl sites for hydroxylation is 1. The summed E-state index contributed by atoms with van der Waals surface area (Å²) in [5.74, 6) is -3.88. The minimum absolute atomic E-state index is 0.0178. The fourth-order valence-corrected chi connectivity index (χ4v) is 6.03. The maximum absolute atomic E-state index is 14.2. The van der Waals surface area contributed by atoms with Crippen molar-refractivity contribution in [1.29, 1.82) is 0 Å². The van der Waals surface area contributed by atoms with Crippen molar-refractivity contribution in [3.63, 3.8) is 0 Å². The van der Waals surface area contributed by atoms with Crippen molar-refractivity contribution in [3.8, 4) is 11.1 Å². The summed E-state index contributed by atoms with van der Waals surface area (Å²) in [6.45, 7) is 1.69. The molecule has 0 bridgehead atoms. The Hall–Kier alpha value is -4.60. The second-order valence-electron chi connectivity index (χ2n) is 10.7. The zero-order chi connectivity index (χ0) is 29.0. The van der Waals surface area contributed by atoms with Crippen molar-refractivity contribution in [1.82, 2.24) is 14.8 Å². The number of amides is 1. The molecule has 4 aromatic rings. The van der Waals surface area contributed by atoms with Gasteiger partial charge in [-0.3, -0.25) is 24.0 Å². The van der Waals surface area contributed by atoms with E-state index in [-0.39, 0.29) is 48.4 Å². The Balaban J connectivity index is 1.36. The smallest absolute Gasteiger partial charge is 0.251 e. The number of Topliss-reactive ketones (excluding diaryl/α,β-unsaturated/α-hetero) is 2. The Bertz CT molecular complexity index is 1730. The van der Waals surface area contributed by atoms with Crippen molar-refractivity contribution in [2.75, 3.05) is 0 Å². The zero-order valence-electron chi connectivity index (χ0n) is 22.0. The molecule has 1 amide bonds. The number of primary amides is 1. The van der Waals surface area contributed by atoms with Gasteiger partial charge in [0.25, 0.3) is 5.91 Å². The molecule has 6 rings (SSSR count). The molecule has 208 valence electrons. The minimum atomic E-state index is -0.935. The van der Waals surface area contributed by atoms with Crippen LogP contribution in [-0.4, -0.2) is 32.2 Å². The van der Waals surface area contributed by atoms with Crippen LogP contribution in [0.25, 0.3) is 11.1 Å². The average Bonchev–Trinajstić information content (AvgIpc) is 3.56. The van der Waals surface area contributed by atoms with E-state index in [4.69, 9.17) is 5.73 Å². The third-order valence-electron chi connectivity index (χ3n) is 7.86. The molecule has 2 unspecified atom stereocenters. The number of aromatic nitrogens is 3. The highest BCUT2D eigenvalue weighted by Gasteiger charge is 2.55. The van der Waals surface area contributed by atoms with Gasteiger partial charge in [-0.15, -0.1) is 0 Å². The number of nitrogens with two attached hydrogens (primary N) is 1. The van der Waals surface area contributed by atoms with Crippen LogP contribution in [-0.2, 0) is 17.8 Å². The molecule has 0 aliphatic heterocycles. The van der Waals surface area contributed by atoms with Gasteiger partial charge in [0, 0.05) is 42.0 Å². The average molecular weight is 559 g/mol. The van der Waals surface area contributed by atoms with Crippen molar-refractivity contribution >= 4 is 17.5 Å². The molecule has 1 fully saturated rings. The van der Waals surface area contributed by atoms with Crippen molar-refractivity contribution in [3.05, 3.63) is 106 Å². The Morgan fingerprint density at radius 2 is 1.83 bits per heavy atom. The molecule has 41 heavy (non-hydrogen) atoms. The van der Waals surface area contributed by atoms with Gasteiger partial charge < -0.3 is 5.73 Å². The maximum Gasteiger partial charge on any atom is 0.251 e. The van der Waals surface area contributed by atoms with Crippen LogP contribution in [0.4, 0.5) is 13.2 Å². The van der Waals surface area contributed by atoms with Crippen LogP contribution < -0.4 is 5.73 Å². The van der Waals surface area contributed by atoms with Crippen LogP contribution in [0, 0.1) is 30.3 Å². The highest BCUT2D eigenvalue weighted by molar-refractivity contribution is 6.06. The van der Waals surface area contributed by atoms with E-state index < -0.39 is 29.3 Å². The molecule has 2 aromatic carbocycles. The Labute approximate surface area is 233 Å². The third-order valence-corrected chi connectivity index (χ3v) is 7.86. The van der Waals surface area contributed by atoms with E-state index >= 15 is 0 Å². The van der Waals surface area contributed by atoms with E-state index in [0.29, 0.717) is 33.6 Å². The normalized spacial score (nSPS) is 17.7. The monoisotopic (exact) mass is 558 g/mol. The number of hydrogen-bond donors (Lipinski definition) is 1. The number of rotatable bonds is 9. The molecule has 7 nitrogen and oxygen atoms in total. The van der Waals surface area contributed by atoms with Gasteiger partial charge in [-0.25, -0.2) is 13.2 Å². The van der Waals surface area contributed by atoms with Gasteiger partial charge in [0.2, 0.25) is 0 Å². The number of fused-ring (bicyclic) bond motifs is 3. The summed E-state index contributed by atoms with van der Waals surface area (Å²) >= 11 is 0. The van der Waals surface area contributed by atoms with Gasteiger partial charge in [0.1, 0.15) is 17.5 Å². The second-order valence-corrected chi connectivity index (χ2v) is 10.7. The predicted octanol–water partition coefficient (Wildman–Crippen LogP) is 5.06. The largest absolute Gasteiger partial charge is 0.366 e. The molecule has 0 saturated heterocycles. The lowest BCUT2D eigenvalue weighted by Crippen LogP contribution is -2.19. The van der Waals surface area contributed by atoms with Gasteiger partial charge in [-0.05, 0) is 61.2 Å². The first-order chi connectivity index (χ1) is 19.6. The molecule has 3 atom stereocenters. The summed E-state index contributed by atoms with van der Waals surface area (Å²) < 4.78 is 44.0. The molecule has 2 aromatic heterocycles. The van der Waals surface area contributed by atoms with Crippen LogP contribution in [0.15, 0.2) is 54.7 Å². The Morgan fingerprint density at radius 1 is 1.07 bits per heavy atom. The van der Waals surface area contributed by atoms with E-state index in [1.807, 2.05) is 0 Å². The molecule has 0 spiro atoms. The second kappa shape index (κ2) is 10.1. The van der Waals surface area contributed by atoms with E-state index in [9.17, 15) is 27.6 Å². The van der Waals surface area contributed by atoms with Crippen LogP contribution in [0.1, 0.15) is 68.0 Å². The molecule has 2 aliphatic carbocycles. The molecule has 2 heterocycles. The highest BCUT2D eigenvalue weighted by Crippen LogP contribution is 2.56. The Morgan fingerprint density at radius 3 is 2.56 bits per heavy atom. The summed E-state index contributed by atoms with van der Waals surface area (Å²) in [5.41, 5.74) is 8.81. The van der Waals surface area contributed by atoms with Gasteiger partial charge in [-0.2, -0.15) is 5.10 Å². The number of carbonyl (C=O) groups excluding carboxylic acids is 3. The fraction of sp³-hybridized carbons (Fsp3) is 0.258. The first-order valence-electron chi connectivity index (χ1n) is 13.2. The first-order valence-corrected chi connectivity index (χ1v) is 13.2. The van der Waals surface area contributed by atoms with E-state index in [2.05, 4.69) is 10.1 Å². The number of pyridine rings is 1. The molecule has 2 N–H and O–H groups in total. The van der Waals surface area contributed by atoms with Crippen LogP contribution in [0.3, 0.4) is 0 Å². The molecular formula is C31H25F3N4O3. The molecule has 10 heteroatoms. The van der Waals surface area contributed by atoms with Crippen LogP contribution >= 0.6 is 0 Å². The molecular weight excluding hydrogens is 533 g/mol.